The second-order valence-electron chi connectivity index (χ2n) is 8.36. The molecule has 0 saturated heterocycles. The number of rotatable bonds is 11. The zero-order valence-electron chi connectivity index (χ0n) is 19.4. The molecular formula is C25H30F3N2O3PS. The molecule has 190 valence electrons. The van der Waals surface area contributed by atoms with Crippen molar-refractivity contribution < 1.29 is 26.3 Å². The Labute approximate surface area is 207 Å². The third kappa shape index (κ3) is 7.98. The summed E-state index contributed by atoms with van der Waals surface area (Å²) in [4.78, 5) is -0.806. The van der Waals surface area contributed by atoms with Crippen molar-refractivity contribution in [3.63, 3.8) is 0 Å². The molecule has 0 fully saturated rings. The van der Waals surface area contributed by atoms with Gasteiger partial charge in [0.1, 0.15) is 0 Å². The summed E-state index contributed by atoms with van der Waals surface area (Å²) in [5, 5.41) is 3.20. The van der Waals surface area contributed by atoms with Crippen LogP contribution in [0.4, 0.5) is 13.2 Å². The predicted molar refractivity (Wildman–Crippen MR) is 134 cm³/mol. The van der Waals surface area contributed by atoms with Crippen LogP contribution in [-0.2, 0) is 20.9 Å². The molecule has 1 aliphatic carbocycles. The van der Waals surface area contributed by atoms with Gasteiger partial charge in [-0.25, -0.2) is 13.1 Å². The number of allylic oxidation sites excluding steroid dienone is 3. The molecule has 0 amide bonds. The first kappa shape index (κ1) is 27.6. The summed E-state index contributed by atoms with van der Waals surface area (Å²) in [6.07, 6.45) is 1.36. The summed E-state index contributed by atoms with van der Waals surface area (Å²) >= 11 is 0. The van der Waals surface area contributed by atoms with Crippen molar-refractivity contribution in [2.24, 2.45) is 0 Å². The van der Waals surface area contributed by atoms with Gasteiger partial charge in [0.25, 0.3) is 0 Å². The number of sulfonamides is 1. The number of alkyl halides is 3. The van der Waals surface area contributed by atoms with Crippen molar-refractivity contribution in [2.45, 2.75) is 42.7 Å². The van der Waals surface area contributed by atoms with Gasteiger partial charge < -0.3 is 10.1 Å². The predicted octanol–water partition coefficient (Wildman–Crippen LogP) is 5.20. The lowest BCUT2D eigenvalue weighted by Gasteiger charge is -2.27. The van der Waals surface area contributed by atoms with E-state index in [4.69, 9.17) is 4.74 Å². The molecule has 2 N–H and O–H groups in total. The van der Waals surface area contributed by atoms with Crippen molar-refractivity contribution in [3.8, 4) is 0 Å². The summed E-state index contributed by atoms with van der Waals surface area (Å²) in [6.45, 7) is 3.45. The number of hydrogen-bond acceptors (Lipinski definition) is 4. The lowest BCUT2D eigenvalue weighted by Crippen LogP contribution is -2.42. The first-order valence-corrected chi connectivity index (χ1v) is 13.4. The zero-order chi connectivity index (χ0) is 25.5. The summed E-state index contributed by atoms with van der Waals surface area (Å²) in [5.74, 6) is -0.506. The van der Waals surface area contributed by atoms with Crippen molar-refractivity contribution in [2.75, 3.05) is 19.8 Å². The Kier molecular flexibility index (Phi) is 9.67. The monoisotopic (exact) mass is 526 g/mol. The first-order valence-electron chi connectivity index (χ1n) is 11.2. The maximum absolute atomic E-state index is 13.5. The maximum atomic E-state index is 13.5. The van der Waals surface area contributed by atoms with Gasteiger partial charge in [-0.05, 0) is 43.0 Å². The minimum Gasteiger partial charge on any atom is -0.376 e. The smallest absolute Gasteiger partial charge is 0.376 e. The van der Waals surface area contributed by atoms with Gasteiger partial charge in [-0.2, -0.15) is 13.2 Å². The molecule has 5 nitrogen and oxygen atoms in total. The average Bonchev–Trinajstić information content (AvgIpc) is 2.83. The molecule has 2 aromatic rings. The summed E-state index contributed by atoms with van der Waals surface area (Å²) in [5.41, 5.74) is 1.97. The van der Waals surface area contributed by atoms with Crippen LogP contribution in [0, 0.1) is 0 Å². The van der Waals surface area contributed by atoms with Gasteiger partial charge in [-0.3, -0.25) is 0 Å². The molecule has 0 saturated carbocycles. The first-order chi connectivity index (χ1) is 16.6. The molecule has 0 bridgehead atoms. The highest BCUT2D eigenvalue weighted by Gasteiger charge is 2.38. The second kappa shape index (κ2) is 12.3. The van der Waals surface area contributed by atoms with Gasteiger partial charge in [-0.15, -0.1) is 9.24 Å². The molecule has 35 heavy (non-hydrogen) atoms. The summed E-state index contributed by atoms with van der Waals surface area (Å²) in [7, 11) is -1.96. The van der Waals surface area contributed by atoms with E-state index in [1.54, 1.807) is 30.3 Å². The van der Waals surface area contributed by atoms with Crippen molar-refractivity contribution in [1.29, 1.82) is 0 Å². The fourth-order valence-corrected chi connectivity index (χ4v) is 5.79. The van der Waals surface area contributed by atoms with E-state index in [1.807, 2.05) is 0 Å². The third-order valence-electron chi connectivity index (χ3n) is 5.62. The Hall–Kier alpha value is -2.03. The fourth-order valence-electron chi connectivity index (χ4n) is 3.69. The van der Waals surface area contributed by atoms with E-state index in [2.05, 4.69) is 38.4 Å². The Morgan fingerprint density at radius 3 is 2.37 bits per heavy atom. The van der Waals surface area contributed by atoms with Gasteiger partial charge in [-0.1, -0.05) is 60.2 Å². The van der Waals surface area contributed by atoms with Crippen LogP contribution in [0.5, 0.6) is 0 Å². The van der Waals surface area contributed by atoms with Crippen LogP contribution in [0.2, 0.25) is 0 Å². The van der Waals surface area contributed by atoms with Crippen LogP contribution in [0.1, 0.15) is 36.9 Å². The van der Waals surface area contributed by atoms with E-state index in [1.165, 1.54) is 17.2 Å². The fraction of sp³-hybridized carbons (Fsp3) is 0.360. The molecule has 0 radical (unpaired) electrons. The molecule has 0 aliphatic heterocycles. The second-order valence-corrected chi connectivity index (χ2v) is 10.8. The average molecular weight is 527 g/mol. The van der Waals surface area contributed by atoms with Gasteiger partial charge in [0, 0.05) is 12.3 Å². The Bertz CT molecular complexity index is 1150. The van der Waals surface area contributed by atoms with E-state index in [0.717, 1.165) is 31.0 Å². The Morgan fingerprint density at radius 1 is 1.03 bits per heavy atom. The highest BCUT2D eigenvalue weighted by molar-refractivity contribution is 7.89. The van der Waals surface area contributed by atoms with Crippen LogP contribution in [0.15, 0.2) is 82.8 Å². The lowest BCUT2D eigenvalue weighted by atomic mass is 10.0. The maximum Gasteiger partial charge on any atom is 0.417 e. The third-order valence-corrected chi connectivity index (χ3v) is 7.74. The van der Waals surface area contributed by atoms with E-state index >= 15 is 0 Å². The van der Waals surface area contributed by atoms with Crippen LogP contribution >= 0.6 is 9.24 Å². The molecule has 0 heterocycles. The van der Waals surface area contributed by atoms with Crippen LogP contribution in [-0.4, -0.2) is 34.0 Å². The normalized spacial score (nSPS) is 16.4. The Morgan fingerprint density at radius 2 is 1.71 bits per heavy atom. The van der Waals surface area contributed by atoms with Crippen LogP contribution < -0.4 is 10.0 Å². The minimum atomic E-state index is -4.80. The quantitative estimate of drug-likeness (QED) is 0.240. The number of benzene rings is 2. The number of hydrogen-bond donors (Lipinski definition) is 2. The molecule has 2 unspecified atom stereocenters. The van der Waals surface area contributed by atoms with Crippen molar-refractivity contribution >= 4 is 19.3 Å². The summed E-state index contributed by atoms with van der Waals surface area (Å²) < 4.78 is 74.7. The molecular weight excluding hydrogens is 496 g/mol. The van der Waals surface area contributed by atoms with E-state index in [-0.39, 0.29) is 0 Å². The lowest BCUT2D eigenvalue weighted by molar-refractivity contribution is -0.139. The number of ether oxygens (including phenoxy) is 1. The molecule has 0 aromatic heterocycles. The van der Waals surface area contributed by atoms with Gasteiger partial charge in [0.2, 0.25) is 10.0 Å². The van der Waals surface area contributed by atoms with E-state index in [9.17, 15) is 21.6 Å². The number of nitrogens with one attached hydrogen (secondary N) is 2. The Balaban J connectivity index is 1.67. The summed E-state index contributed by atoms with van der Waals surface area (Å²) in [6, 6.07) is 12.0. The zero-order valence-corrected chi connectivity index (χ0v) is 21.4. The molecule has 3 atom stereocenters. The molecule has 2 aromatic carbocycles. The van der Waals surface area contributed by atoms with E-state index < -0.39 is 38.5 Å². The SMILES string of the molecule is CC1=CCC(COCCN[C@H](P)C(NS(=O)(=O)c2ccccc2C(F)(F)F)c2ccccc2)=CC1. The van der Waals surface area contributed by atoms with Gasteiger partial charge in [0.15, 0.2) is 0 Å². The minimum absolute atomic E-state index is 0.399. The molecule has 3 rings (SSSR count). The van der Waals surface area contributed by atoms with Crippen LogP contribution in [0.25, 0.3) is 0 Å². The molecule has 10 heteroatoms. The van der Waals surface area contributed by atoms with Crippen LogP contribution in [0.3, 0.4) is 0 Å². The largest absolute Gasteiger partial charge is 0.417 e. The van der Waals surface area contributed by atoms with Gasteiger partial charge in [0.05, 0.1) is 29.7 Å². The molecule has 1 aliphatic rings. The van der Waals surface area contributed by atoms with Gasteiger partial charge >= 0.3 is 6.18 Å². The standard InChI is InChI=1S/C25H30F3N2O3PS/c1-18-11-13-19(14-12-18)17-33-16-15-29-24(34)23(20-7-3-2-4-8-20)30-35(31,32)22-10-6-5-9-21(22)25(26,27)28/h2-11,14,23-24,29-30H,12-13,15-17,34H2,1H3/t23?,24-/m1/s1. The highest BCUT2D eigenvalue weighted by atomic mass is 32.2. The van der Waals surface area contributed by atoms with Crippen molar-refractivity contribution in [1.82, 2.24) is 10.0 Å². The number of halogens is 3. The highest BCUT2D eigenvalue weighted by Crippen LogP contribution is 2.35. The van der Waals surface area contributed by atoms with Crippen molar-refractivity contribution in [3.05, 3.63) is 89.0 Å². The van der Waals surface area contributed by atoms with E-state index in [0.29, 0.717) is 25.3 Å². The topological polar surface area (TPSA) is 67.4 Å². The molecule has 0 spiro atoms.